The molecule has 0 atom stereocenters. The van der Waals surface area contributed by atoms with Crippen molar-refractivity contribution in [2.45, 2.75) is 32.9 Å². The molecule has 1 heterocycles. The molecule has 0 aliphatic carbocycles. The van der Waals surface area contributed by atoms with Crippen LogP contribution in [-0.2, 0) is 22.7 Å². The first-order valence-corrected chi connectivity index (χ1v) is 7.87. The summed E-state index contributed by atoms with van der Waals surface area (Å²) in [6, 6.07) is 14.9. The van der Waals surface area contributed by atoms with E-state index in [2.05, 4.69) is 13.8 Å². The summed E-state index contributed by atoms with van der Waals surface area (Å²) in [6.45, 7) is 4.27. The van der Waals surface area contributed by atoms with Crippen molar-refractivity contribution in [3.63, 3.8) is 0 Å². The molecule has 0 spiro atoms. The summed E-state index contributed by atoms with van der Waals surface area (Å²) in [4.78, 5) is 23.9. The number of carbonyl (C=O) groups is 1. The van der Waals surface area contributed by atoms with Crippen molar-refractivity contribution in [1.82, 2.24) is 4.57 Å². The summed E-state index contributed by atoms with van der Waals surface area (Å²) in [5.74, 6) is -0.575. The number of para-hydroxylation sites is 2. The fourth-order valence-corrected chi connectivity index (χ4v) is 2.50. The molecule has 0 saturated heterocycles. The molecule has 0 fully saturated rings. The summed E-state index contributed by atoms with van der Waals surface area (Å²) in [6.07, 6.45) is 0. The number of oxazole rings is 1. The van der Waals surface area contributed by atoms with Crippen LogP contribution in [0.15, 0.2) is 57.7 Å². The quantitative estimate of drug-likeness (QED) is 0.674. The summed E-state index contributed by atoms with van der Waals surface area (Å²) in [5.41, 5.74) is 3.19. The number of benzene rings is 2. The lowest BCUT2D eigenvalue weighted by Gasteiger charge is -2.08. The number of nitrogens with zero attached hydrogens (tertiary/aromatic N) is 1. The standard InChI is InChI=1S/C19H19NO4/c1-13(2)15-9-7-14(8-10-15)12-23-18(21)11-20-16-5-3-4-6-17(16)24-19(20)22/h3-10,13H,11-12H2,1-2H3. The van der Waals surface area contributed by atoms with Crippen LogP contribution in [-0.4, -0.2) is 10.5 Å². The predicted octanol–water partition coefficient (Wildman–Crippen LogP) is 3.46. The minimum absolute atomic E-state index is 0.167. The molecule has 0 unspecified atom stereocenters. The summed E-state index contributed by atoms with van der Waals surface area (Å²) >= 11 is 0. The Morgan fingerprint density at radius 2 is 1.83 bits per heavy atom. The van der Waals surface area contributed by atoms with Gasteiger partial charge in [-0.15, -0.1) is 0 Å². The van der Waals surface area contributed by atoms with E-state index in [1.807, 2.05) is 24.3 Å². The maximum Gasteiger partial charge on any atom is 0.420 e. The fourth-order valence-electron chi connectivity index (χ4n) is 2.50. The predicted molar refractivity (Wildman–Crippen MR) is 90.8 cm³/mol. The van der Waals surface area contributed by atoms with Gasteiger partial charge in [0.2, 0.25) is 0 Å². The highest BCUT2D eigenvalue weighted by Gasteiger charge is 2.13. The zero-order valence-corrected chi connectivity index (χ0v) is 13.7. The van der Waals surface area contributed by atoms with E-state index in [0.29, 0.717) is 17.0 Å². The van der Waals surface area contributed by atoms with Gasteiger partial charge in [-0.3, -0.25) is 9.36 Å². The van der Waals surface area contributed by atoms with Crippen LogP contribution in [0.2, 0.25) is 0 Å². The van der Waals surface area contributed by atoms with Crippen molar-refractivity contribution < 1.29 is 13.9 Å². The number of fused-ring (bicyclic) bond motifs is 1. The molecule has 2 aromatic carbocycles. The highest BCUT2D eigenvalue weighted by molar-refractivity contribution is 5.76. The van der Waals surface area contributed by atoms with E-state index in [1.54, 1.807) is 24.3 Å². The molecular weight excluding hydrogens is 306 g/mol. The van der Waals surface area contributed by atoms with Gasteiger partial charge in [-0.1, -0.05) is 50.2 Å². The van der Waals surface area contributed by atoms with E-state index in [0.717, 1.165) is 5.56 Å². The van der Waals surface area contributed by atoms with Crippen molar-refractivity contribution in [2.75, 3.05) is 0 Å². The third-order valence-corrected chi connectivity index (χ3v) is 3.91. The summed E-state index contributed by atoms with van der Waals surface area (Å²) in [7, 11) is 0. The van der Waals surface area contributed by atoms with Gasteiger partial charge in [0.15, 0.2) is 5.58 Å². The van der Waals surface area contributed by atoms with Gasteiger partial charge in [0.25, 0.3) is 0 Å². The first-order chi connectivity index (χ1) is 11.5. The van der Waals surface area contributed by atoms with Crippen LogP contribution >= 0.6 is 0 Å². The highest BCUT2D eigenvalue weighted by Crippen LogP contribution is 2.15. The van der Waals surface area contributed by atoms with Gasteiger partial charge >= 0.3 is 11.7 Å². The number of carbonyl (C=O) groups excluding carboxylic acids is 1. The van der Waals surface area contributed by atoms with E-state index < -0.39 is 11.7 Å². The first kappa shape index (κ1) is 16.1. The van der Waals surface area contributed by atoms with Gasteiger partial charge < -0.3 is 9.15 Å². The van der Waals surface area contributed by atoms with E-state index in [9.17, 15) is 9.59 Å². The minimum Gasteiger partial charge on any atom is -0.459 e. The molecule has 124 valence electrons. The summed E-state index contributed by atoms with van der Waals surface area (Å²) in [5, 5.41) is 0. The maximum absolute atomic E-state index is 12.0. The summed E-state index contributed by atoms with van der Waals surface area (Å²) < 4.78 is 11.6. The van der Waals surface area contributed by atoms with Crippen LogP contribution in [0.5, 0.6) is 0 Å². The normalized spacial score (nSPS) is 11.1. The SMILES string of the molecule is CC(C)c1ccc(COC(=O)Cn2c(=O)oc3ccccc32)cc1. The van der Waals surface area contributed by atoms with Crippen LogP contribution in [0.1, 0.15) is 30.9 Å². The second-order valence-electron chi connectivity index (χ2n) is 5.98. The largest absolute Gasteiger partial charge is 0.459 e. The zero-order valence-electron chi connectivity index (χ0n) is 13.7. The monoisotopic (exact) mass is 325 g/mol. The van der Waals surface area contributed by atoms with Crippen LogP contribution in [0.25, 0.3) is 11.1 Å². The van der Waals surface area contributed by atoms with Crippen molar-refractivity contribution in [1.29, 1.82) is 0 Å². The lowest BCUT2D eigenvalue weighted by atomic mass is 10.0. The Balaban J connectivity index is 1.65. The van der Waals surface area contributed by atoms with E-state index in [4.69, 9.17) is 9.15 Å². The number of ether oxygens (including phenoxy) is 1. The first-order valence-electron chi connectivity index (χ1n) is 7.87. The highest BCUT2D eigenvalue weighted by atomic mass is 16.5. The number of rotatable bonds is 5. The molecule has 3 rings (SSSR count). The fraction of sp³-hybridized carbons (Fsp3) is 0.263. The van der Waals surface area contributed by atoms with Crippen LogP contribution in [0.4, 0.5) is 0 Å². The third kappa shape index (κ3) is 3.40. The maximum atomic E-state index is 12.0. The molecule has 0 radical (unpaired) electrons. The number of hydrogen-bond acceptors (Lipinski definition) is 4. The molecular formula is C19H19NO4. The Bertz CT molecular complexity index is 903. The molecule has 0 saturated carbocycles. The topological polar surface area (TPSA) is 61.4 Å². The minimum atomic E-state index is -0.561. The molecule has 0 N–H and O–H groups in total. The molecule has 3 aromatic rings. The second kappa shape index (κ2) is 6.74. The van der Waals surface area contributed by atoms with Crippen LogP contribution < -0.4 is 5.76 Å². The lowest BCUT2D eigenvalue weighted by molar-refractivity contribution is -0.145. The average Bonchev–Trinajstić information content (AvgIpc) is 2.89. The Labute approximate surface area is 139 Å². The zero-order chi connectivity index (χ0) is 17.1. The van der Waals surface area contributed by atoms with Gasteiger partial charge in [-0.05, 0) is 29.2 Å². The molecule has 0 bridgehead atoms. The van der Waals surface area contributed by atoms with Gasteiger partial charge in [0, 0.05) is 0 Å². The van der Waals surface area contributed by atoms with Gasteiger partial charge in [0.05, 0.1) is 5.52 Å². The van der Waals surface area contributed by atoms with Crippen LogP contribution in [0.3, 0.4) is 0 Å². The smallest absolute Gasteiger partial charge is 0.420 e. The van der Waals surface area contributed by atoms with E-state index in [-0.39, 0.29) is 13.2 Å². The Morgan fingerprint density at radius 3 is 2.54 bits per heavy atom. The third-order valence-electron chi connectivity index (χ3n) is 3.91. The van der Waals surface area contributed by atoms with Crippen molar-refractivity contribution in [3.05, 3.63) is 70.2 Å². The molecule has 0 amide bonds. The van der Waals surface area contributed by atoms with Gasteiger partial charge in [-0.2, -0.15) is 0 Å². The molecule has 0 aliphatic heterocycles. The van der Waals surface area contributed by atoms with Gasteiger partial charge in [-0.25, -0.2) is 4.79 Å². The lowest BCUT2D eigenvalue weighted by Crippen LogP contribution is -2.21. The average molecular weight is 325 g/mol. The molecule has 5 nitrogen and oxygen atoms in total. The van der Waals surface area contributed by atoms with Crippen molar-refractivity contribution in [3.8, 4) is 0 Å². The Kier molecular flexibility index (Phi) is 4.51. The van der Waals surface area contributed by atoms with E-state index >= 15 is 0 Å². The van der Waals surface area contributed by atoms with Crippen molar-refractivity contribution in [2.24, 2.45) is 0 Å². The van der Waals surface area contributed by atoms with Crippen molar-refractivity contribution >= 4 is 17.1 Å². The van der Waals surface area contributed by atoms with Crippen LogP contribution in [0, 0.1) is 0 Å². The Morgan fingerprint density at radius 1 is 1.12 bits per heavy atom. The van der Waals surface area contributed by atoms with E-state index in [1.165, 1.54) is 10.1 Å². The number of hydrogen-bond donors (Lipinski definition) is 0. The second-order valence-corrected chi connectivity index (χ2v) is 5.98. The molecule has 1 aromatic heterocycles. The Hall–Kier alpha value is -2.82. The molecule has 0 aliphatic rings. The number of esters is 1. The number of aromatic nitrogens is 1. The molecule has 5 heteroatoms. The van der Waals surface area contributed by atoms with Gasteiger partial charge in [0.1, 0.15) is 13.2 Å². The molecule has 24 heavy (non-hydrogen) atoms.